The summed E-state index contributed by atoms with van der Waals surface area (Å²) in [5, 5.41) is 8.99. The summed E-state index contributed by atoms with van der Waals surface area (Å²) < 4.78 is 2.24. The third-order valence-corrected chi connectivity index (χ3v) is 4.21. The lowest BCUT2D eigenvalue weighted by Gasteiger charge is -2.09. The maximum atomic E-state index is 10.9. The average Bonchev–Trinajstić information content (AvgIpc) is 2.90. The van der Waals surface area contributed by atoms with Crippen molar-refractivity contribution < 1.29 is 9.90 Å². The normalized spacial score (nSPS) is 11.1. The van der Waals surface area contributed by atoms with E-state index in [0.717, 1.165) is 47.4 Å². The van der Waals surface area contributed by atoms with Crippen molar-refractivity contribution in [3.63, 3.8) is 0 Å². The Labute approximate surface area is 141 Å². The number of imidazole rings is 1. The lowest BCUT2D eigenvalue weighted by atomic mass is 10.1. The molecule has 0 saturated carbocycles. The first kappa shape index (κ1) is 16.2. The van der Waals surface area contributed by atoms with Crippen LogP contribution < -0.4 is 0 Å². The molecular weight excluding hydrogens is 300 g/mol. The second-order valence-electron chi connectivity index (χ2n) is 6.20. The second-order valence-corrected chi connectivity index (χ2v) is 6.20. The summed E-state index contributed by atoms with van der Waals surface area (Å²) in [5.41, 5.74) is 5.02. The molecule has 0 unspecified atom stereocenters. The third-order valence-electron chi connectivity index (χ3n) is 4.21. The molecule has 1 aromatic heterocycles. The molecule has 124 valence electrons. The van der Waals surface area contributed by atoms with E-state index in [0.29, 0.717) is 0 Å². The first-order chi connectivity index (χ1) is 11.6. The van der Waals surface area contributed by atoms with Crippen LogP contribution >= 0.6 is 0 Å². The predicted molar refractivity (Wildman–Crippen MR) is 96.2 cm³/mol. The van der Waals surface area contributed by atoms with Gasteiger partial charge in [-0.3, -0.25) is 4.79 Å². The number of aliphatic carboxylic acids is 1. The summed E-state index contributed by atoms with van der Waals surface area (Å²) in [5.74, 6) is 0.129. The molecule has 1 N–H and O–H groups in total. The molecule has 0 bridgehead atoms. The van der Waals surface area contributed by atoms with Crippen molar-refractivity contribution in [1.82, 2.24) is 9.55 Å². The maximum absolute atomic E-state index is 10.9. The molecule has 0 radical (unpaired) electrons. The number of aromatic nitrogens is 2. The van der Waals surface area contributed by atoms with Crippen molar-refractivity contribution >= 4 is 17.0 Å². The van der Waals surface area contributed by atoms with Gasteiger partial charge in [-0.25, -0.2) is 4.98 Å². The van der Waals surface area contributed by atoms with E-state index in [1.54, 1.807) is 0 Å². The highest BCUT2D eigenvalue weighted by Crippen LogP contribution is 2.26. The first-order valence-electron chi connectivity index (χ1n) is 8.36. The Morgan fingerprint density at radius 1 is 1.17 bits per heavy atom. The lowest BCUT2D eigenvalue weighted by Crippen LogP contribution is -2.01. The standard InChI is InChI=1S/C20H22N2O2/c1-3-4-11-22-18-10-7-15(13-19(23)24)12-17(18)21-20(22)16-8-5-14(2)6-9-16/h5-10,12H,3-4,11,13H2,1-2H3,(H,23,24). The summed E-state index contributed by atoms with van der Waals surface area (Å²) in [6, 6.07) is 14.1. The molecule has 4 heteroatoms. The molecule has 2 aromatic carbocycles. The molecule has 0 aliphatic carbocycles. The molecule has 0 spiro atoms. The molecule has 0 saturated heterocycles. The highest BCUT2D eigenvalue weighted by Gasteiger charge is 2.13. The molecule has 0 atom stereocenters. The number of hydrogen-bond acceptors (Lipinski definition) is 2. The number of nitrogens with zero attached hydrogens (tertiary/aromatic N) is 2. The van der Waals surface area contributed by atoms with Crippen LogP contribution in [0.4, 0.5) is 0 Å². The molecule has 0 fully saturated rings. The van der Waals surface area contributed by atoms with Gasteiger partial charge < -0.3 is 9.67 Å². The summed E-state index contributed by atoms with van der Waals surface area (Å²) in [6.07, 6.45) is 2.23. The fraction of sp³-hybridized carbons (Fsp3) is 0.300. The van der Waals surface area contributed by atoms with Crippen LogP contribution in [0, 0.1) is 6.92 Å². The van der Waals surface area contributed by atoms with Crippen LogP contribution in [-0.4, -0.2) is 20.6 Å². The number of aryl methyl sites for hydroxylation is 2. The fourth-order valence-electron chi connectivity index (χ4n) is 2.93. The SMILES string of the molecule is CCCCn1c(-c2ccc(C)cc2)nc2cc(CC(=O)O)ccc21. The average molecular weight is 322 g/mol. The van der Waals surface area contributed by atoms with Crippen molar-refractivity contribution in [3.05, 3.63) is 53.6 Å². The second kappa shape index (κ2) is 6.87. The molecule has 3 aromatic rings. The molecule has 1 heterocycles. The Balaban J connectivity index is 2.11. The number of benzene rings is 2. The van der Waals surface area contributed by atoms with E-state index in [4.69, 9.17) is 10.1 Å². The molecule has 3 rings (SSSR count). The minimum atomic E-state index is -0.821. The van der Waals surface area contributed by atoms with Crippen LogP contribution in [0.2, 0.25) is 0 Å². The van der Waals surface area contributed by atoms with Crippen LogP contribution in [-0.2, 0) is 17.8 Å². The largest absolute Gasteiger partial charge is 0.481 e. The van der Waals surface area contributed by atoms with E-state index in [1.807, 2.05) is 18.2 Å². The Morgan fingerprint density at radius 3 is 2.58 bits per heavy atom. The molecule has 0 aliphatic rings. The number of carboxylic acid groups (broad SMARTS) is 1. The highest BCUT2D eigenvalue weighted by atomic mass is 16.4. The molecule has 24 heavy (non-hydrogen) atoms. The zero-order valence-corrected chi connectivity index (χ0v) is 14.1. The van der Waals surface area contributed by atoms with Gasteiger partial charge in [-0.15, -0.1) is 0 Å². The van der Waals surface area contributed by atoms with Gasteiger partial charge >= 0.3 is 5.97 Å². The molecular formula is C20H22N2O2. The number of hydrogen-bond donors (Lipinski definition) is 1. The number of carboxylic acids is 1. The van der Waals surface area contributed by atoms with E-state index in [9.17, 15) is 4.79 Å². The van der Waals surface area contributed by atoms with Gasteiger partial charge in [-0.05, 0) is 31.0 Å². The van der Waals surface area contributed by atoms with Gasteiger partial charge in [0.05, 0.1) is 17.5 Å². The Kier molecular flexibility index (Phi) is 4.65. The van der Waals surface area contributed by atoms with Gasteiger partial charge in [-0.1, -0.05) is 49.2 Å². The van der Waals surface area contributed by atoms with Gasteiger partial charge in [-0.2, -0.15) is 0 Å². The topological polar surface area (TPSA) is 55.1 Å². The van der Waals surface area contributed by atoms with Gasteiger partial charge in [0.1, 0.15) is 5.82 Å². The Morgan fingerprint density at radius 2 is 1.92 bits per heavy atom. The molecule has 0 amide bonds. The quantitative estimate of drug-likeness (QED) is 0.730. The summed E-state index contributed by atoms with van der Waals surface area (Å²) >= 11 is 0. The van der Waals surface area contributed by atoms with E-state index in [-0.39, 0.29) is 6.42 Å². The zero-order chi connectivity index (χ0) is 17.1. The van der Waals surface area contributed by atoms with Crippen molar-refractivity contribution in [2.45, 2.75) is 39.7 Å². The van der Waals surface area contributed by atoms with Gasteiger partial charge in [0.2, 0.25) is 0 Å². The number of unbranched alkanes of at least 4 members (excludes halogenated alkanes) is 1. The molecule has 4 nitrogen and oxygen atoms in total. The van der Waals surface area contributed by atoms with E-state index < -0.39 is 5.97 Å². The number of carbonyl (C=O) groups is 1. The predicted octanol–water partition coefficient (Wildman–Crippen LogP) is 4.44. The van der Waals surface area contributed by atoms with Gasteiger partial charge in [0.15, 0.2) is 0 Å². The van der Waals surface area contributed by atoms with Gasteiger partial charge in [0.25, 0.3) is 0 Å². The Hall–Kier alpha value is -2.62. The van der Waals surface area contributed by atoms with E-state index in [1.165, 1.54) is 5.56 Å². The van der Waals surface area contributed by atoms with Crippen molar-refractivity contribution in [2.24, 2.45) is 0 Å². The number of rotatable bonds is 6. The lowest BCUT2D eigenvalue weighted by molar-refractivity contribution is -0.136. The molecule has 0 aliphatic heterocycles. The summed E-state index contributed by atoms with van der Waals surface area (Å²) in [6.45, 7) is 5.16. The third kappa shape index (κ3) is 3.32. The summed E-state index contributed by atoms with van der Waals surface area (Å²) in [4.78, 5) is 15.7. The summed E-state index contributed by atoms with van der Waals surface area (Å²) in [7, 11) is 0. The maximum Gasteiger partial charge on any atom is 0.307 e. The monoisotopic (exact) mass is 322 g/mol. The highest BCUT2D eigenvalue weighted by molar-refractivity contribution is 5.82. The van der Waals surface area contributed by atoms with Crippen LogP contribution in [0.15, 0.2) is 42.5 Å². The van der Waals surface area contributed by atoms with Crippen molar-refractivity contribution in [3.8, 4) is 11.4 Å². The first-order valence-corrected chi connectivity index (χ1v) is 8.36. The van der Waals surface area contributed by atoms with E-state index in [2.05, 4.69) is 42.7 Å². The van der Waals surface area contributed by atoms with E-state index >= 15 is 0 Å². The zero-order valence-electron chi connectivity index (χ0n) is 14.1. The Bertz CT molecular complexity index is 863. The number of fused-ring (bicyclic) bond motifs is 1. The van der Waals surface area contributed by atoms with Crippen LogP contribution in [0.25, 0.3) is 22.4 Å². The van der Waals surface area contributed by atoms with Crippen molar-refractivity contribution in [1.29, 1.82) is 0 Å². The van der Waals surface area contributed by atoms with Gasteiger partial charge in [0, 0.05) is 12.1 Å². The minimum absolute atomic E-state index is 0.0254. The van der Waals surface area contributed by atoms with Crippen LogP contribution in [0.3, 0.4) is 0 Å². The minimum Gasteiger partial charge on any atom is -0.481 e. The van der Waals surface area contributed by atoms with Crippen LogP contribution in [0.1, 0.15) is 30.9 Å². The smallest absolute Gasteiger partial charge is 0.307 e. The fourth-order valence-corrected chi connectivity index (χ4v) is 2.93. The van der Waals surface area contributed by atoms with Crippen molar-refractivity contribution in [2.75, 3.05) is 0 Å². The van der Waals surface area contributed by atoms with Crippen LogP contribution in [0.5, 0.6) is 0 Å².